The van der Waals surface area contributed by atoms with Crippen LogP contribution in [0.4, 0.5) is 4.79 Å². The molecule has 3 rings (SSSR count). The Morgan fingerprint density at radius 2 is 1.65 bits per heavy atom. The molecule has 0 unspecified atom stereocenters. The molecule has 0 aromatic carbocycles. The van der Waals surface area contributed by atoms with Crippen molar-refractivity contribution in [1.29, 1.82) is 0 Å². The minimum absolute atomic E-state index is 0.388. The number of imide groups is 2. The number of amides is 4. The van der Waals surface area contributed by atoms with Gasteiger partial charge in [0.25, 0.3) is 0 Å². The van der Waals surface area contributed by atoms with Crippen molar-refractivity contribution in [2.45, 2.75) is 44.6 Å². The Bertz CT molecular complexity index is 415. The predicted octanol–water partition coefficient (Wildman–Crippen LogP) is 0.623. The molecule has 2 atom stereocenters. The average molecular weight is 279 g/mol. The van der Waals surface area contributed by atoms with E-state index in [1.54, 1.807) is 0 Å². The number of urea groups is 1. The number of piperidine rings is 2. The molecule has 6 heteroatoms. The molecule has 3 aliphatic rings. The molecule has 3 heterocycles. The van der Waals surface area contributed by atoms with Crippen LogP contribution in [0.25, 0.3) is 0 Å². The monoisotopic (exact) mass is 279 g/mol. The first kappa shape index (κ1) is 13.5. The fourth-order valence-corrected chi connectivity index (χ4v) is 3.92. The molecule has 0 bridgehead atoms. The van der Waals surface area contributed by atoms with E-state index in [1.165, 1.54) is 19.3 Å². The molecule has 3 fully saturated rings. The molecule has 110 valence electrons. The second-order valence-electron chi connectivity index (χ2n) is 6.10. The number of carbonyl (C=O) groups is 3. The Morgan fingerprint density at radius 1 is 0.950 bits per heavy atom. The summed E-state index contributed by atoms with van der Waals surface area (Å²) in [5, 5.41) is 4.40. The van der Waals surface area contributed by atoms with Crippen molar-refractivity contribution < 1.29 is 14.4 Å². The molecule has 0 aromatic heterocycles. The van der Waals surface area contributed by atoms with Gasteiger partial charge in [-0.3, -0.25) is 20.2 Å². The Labute approximate surface area is 118 Å². The maximum absolute atomic E-state index is 11.8. The summed E-state index contributed by atoms with van der Waals surface area (Å²) in [5.41, 5.74) is 0. The number of nitrogens with one attached hydrogen (secondary N) is 2. The number of hydrogen-bond donors (Lipinski definition) is 2. The van der Waals surface area contributed by atoms with Gasteiger partial charge in [0.1, 0.15) is 5.92 Å². The van der Waals surface area contributed by atoms with Gasteiger partial charge in [0, 0.05) is 6.04 Å². The zero-order valence-electron chi connectivity index (χ0n) is 11.6. The number of nitrogens with zero attached hydrogens (tertiary/aromatic N) is 1. The Balaban J connectivity index is 1.68. The molecule has 0 saturated carbocycles. The molecule has 0 radical (unpaired) electrons. The highest BCUT2D eigenvalue weighted by Crippen LogP contribution is 2.34. The molecular formula is C14H21N3O3. The third-order valence-corrected chi connectivity index (χ3v) is 4.87. The number of fused-ring (bicyclic) bond motifs is 1. The lowest BCUT2D eigenvalue weighted by molar-refractivity contribution is -0.137. The lowest BCUT2D eigenvalue weighted by Gasteiger charge is -2.45. The normalized spacial score (nSPS) is 32.5. The molecule has 0 spiro atoms. The second kappa shape index (κ2) is 5.52. The fraction of sp³-hybridized carbons (Fsp3) is 0.786. The minimum Gasteiger partial charge on any atom is -0.300 e. The van der Waals surface area contributed by atoms with Gasteiger partial charge in [0.2, 0.25) is 11.8 Å². The average Bonchev–Trinajstić information content (AvgIpc) is 2.43. The van der Waals surface area contributed by atoms with Crippen molar-refractivity contribution in [3.63, 3.8) is 0 Å². The summed E-state index contributed by atoms with van der Waals surface area (Å²) in [4.78, 5) is 37.3. The van der Waals surface area contributed by atoms with Gasteiger partial charge in [-0.15, -0.1) is 0 Å². The highest BCUT2D eigenvalue weighted by Gasteiger charge is 2.40. The van der Waals surface area contributed by atoms with Crippen LogP contribution in [0.1, 0.15) is 38.5 Å². The summed E-state index contributed by atoms with van der Waals surface area (Å²) in [6, 6.07) is -0.185. The van der Waals surface area contributed by atoms with Gasteiger partial charge in [0.05, 0.1) is 0 Å². The van der Waals surface area contributed by atoms with E-state index in [1.807, 2.05) is 0 Å². The van der Waals surface area contributed by atoms with Crippen LogP contribution in [-0.2, 0) is 9.59 Å². The second-order valence-corrected chi connectivity index (χ2v) is 6.10. The van der Waals surface area contributed by atoms with E-state index >= 15 is 0 Å². The summed E-state index contributed by atoms with van der Waals surface area (Å²) < 4.78 is 0. The molecule has 2 N–H and O–H groups in total. The van der Waals surface area contributed by atoms with Crippen LogP contribution >= 0.6 is 0 Å². The first-order valence-corrected chi connectivity index (χ1v) is 7.55. The highest BCUT2D eigenvalue weighted by molar-refractivity contribution is 6.16. The van der Waals surface area contributed by atoms with Crippen molar-refractivity contribution in [2.24, 2.45) is 11.8 Å². The van der Waals surface area contributed by atoms with Crippen LogP contribution in [0.15, 0.2) is 0 Å². The Morgan fingerprint density at radius 3 is 2.40 bits per heavy atom. The SMILES string of the molecule is O=C1NC(=O)C(C[C@H]2CCCN3CCCC[C@@H]23)C(=O)N1. The first-order chi connectivity index (χ1) is 9.65. The standard InChI is InChI=1S/C14H21N3O3/c18-12-10(13(19)16-14(20)15-12)8-9-4-3-7-17-6-2-1-5-11(9)17/h9-11H,1-8H2,(H2,15,16,18,19,20)/t9-,11+/m1/s1. The van der Waals surface area contributed by atoms with E-state index < -0.39 is 23.8 Å². The van der Waals surface area contributed by atoms with E-state index in [0.29, 0.717) is 18.4 Å². The maximum atomic E-state index is 11.8. The summed E-state index contributed by atoms with van der Waals surface area (Å²) in [5.74, 6) is -1.20. The molecule has 3 saturated heterocycles. The van der Waals surface area contributed by atoms with Crippen molar-refractivity contribution in [1.82, 2.24) is 15.5 Å². The fourth-order valence-electron chi connectivity index (χ4n) is 3.92. The Kier molecular flexibility index (Phi) is 3.74. The zero-order chi connectivity index (χ0) is 14.1. The minimum atomic E-state index is -0.709. The number of rotatable bonds is 2. The molecule has 0 aromatic rings. The predicted molar refractivity (Wildman–Crippen MR) is 71.7 cm³/mol. The molecule has 20 heavy (non-hydrogen) atoms. The van der Waals surface area contributed by atoms with Gasteiger partial charge in [0.15, 0.2) is 0 Å². The highest BCUT2D eigenvalue weighted by atomic mass is 16.2. The third kappa shape index (κ3) is 2.57. The van der Waals surface area contributed by atoms with Crippen LogP contribution in [0.5, 0.6) is 0 Å². The molecular weight excluding hydrogens is 258 g/mol. The molecule has 0 aliphatic carbocycles. The number of carbonyl (C=O) groups excluding carboxylic acids is 3. The zero-order valence-corrected chi connectivity index (χ0v) is 11.6. The van der Waals surface area contributed by atoms with Gasteiger partial charge in [-0.05, 0) is 51.1 Å². The van der Waals surface area contributed by atoms with E-state index in [-0.39, 0.29) is 0 Å². The van der Waals surface area contributed by atoms with Gasteiger partial charge in [-0.2, -0.15) is 0 Å². The lowest BCUT2D eigenvalue weighted by Crippen LogP contribution is -2.57. The third-order valence-electron chi connectivity index (χ3n) is 4.87. The summed E-state index contributed by atoms with van der Waals surface area (Å²) in [7, 11) is 0. The van der Waals surface area contributed by atoms with Gasteiger partial charge >= 0.3 is 6.03 Å². The van der Waals surface area contributed by atoms with Crippen molar-refractivity contribution in [3.05, 3.63) is 0 Å². The topological polar surface area (TPSA) is 78.5 Å². The largest absolute Gasteiger partial charge is 0.328 e. The number of barbiturate groups is 1. The maximum Gasteiger partial charge on any atom is 0.328 e. The summed E-state index contributed by atoms with van der Waals surface area (Å²) in [6.07, 6.45) is 6.43. The van der Waals surface area contributed by atoms with E-state index in [0.717, 1.165) is 25.9 Å². The van der Waals surface area contributed by atoms with Gasteiger partial charge < -0.3 is 4.90 Å². The van der Waals surface area contributed by atoms with E-state index in [9.17, 15) is 14.4 Å². The Hall–Kier alpha value is -1.43. The summed E-state index contributed by atoms with van der Waals surface area (Å²) in [6.45, 7) is 2.28. The first-order valence-electron chi connectivity index (χ1n) is 7.55. The van der Waals surface area contributed by atoms with Crippen molar-refractivity contribution >= 4 is 17.8 Å². The smallest absolute Gasteiger partial charge is 0.300 e. The van der Waals surface area contributed by atoms with Crippen molar-refractivity contribution in [3.8, 4) is 0 Å². The van der Waals surface area contributed by atoms with Crippen LogP contribution in [0, 0.1) is 11.8 Å². The van der Waals surface area contributed by atoms with E-state index in [4.69, 9.17) is 0 Å². The van der Waals surface area contributed by atoms with E-state index in [2.05, 4.69) is 15.5 Å². The van der Waals surface area contributed by atoms with Gasteiger partial charge in [-0.1, -0.05) is 6.42 Å². The quantitative estimate of drug-likeness (QED) is 0.726. The van der Waals surface area contributed by atoms with Crippen LogP contribution in [0.2, 0.25) is 0 Å². The van der Waals surface area contributed by atoms with Crippen LogP contribution < -0.4 is 10.6 Å². The molecule has 6 nitrogen and oxygen atoms in total. The van der Waals surface area contributed by atoms with Crippen LogP contribution in [0.3, 0.4) is 0 Å². The summed E-state index contributed by atoms with van der Waals surface area (Å²) >= 11 is 0. The molecule has 4 amide bonds. The van der Waals surface area contributed by atoms with Crippen molar-refractivity contribution in [2.75, 3.05) is 13.1 Å². The van der Waals surface area contributed by atoms with Crippen LogP contribution in [-0.4, -0.2) is 41.9 Å². The molecule has 3 aliphatic heterocycles. The lowest BCUT2D eigenvalue weighted by atomic mass is 9.78. The van der Waals surface area contributed by atoms with Gasteiger partial charge in [-0.25, -0.2) is 4.79 Å². The number of hydrogen-bond acceptors (Lipinski definition) is 4.